The summed E-state index contributed by atoms with van der Waals surface area (Å²) in [6.45, 7) is 0. The maximum Gasteiger partial charge on any atom is 0.380 e. The van der Waals surface area contributed by atoms with Crippen LogP contribution in [0.15, 0.2) is 77.5 Å². The molecule has 10 heteroatoms. The van der Waals surface area contributed by atoms with Gasteiger partial charge in [0.1, 0.15) is 10.8 Å². The number of aromatic nitrogens is 1. The van der Waals surface area contributed by atoms with Crippen LogP contribution in [0.4, 0.5) is 0 Å². The highest BCUT2D eigenvalue weighted by atomic mass is 32.2. The van der Waals surface area contributed by atoms with Crippen molar-refractivity contribution < 1.29 is 17.4 Å². The molecular formula is C24H23N3O4S3. The number of carbonyl (C=O) groups is 1. The van der Waals surface area contributed by atoms with Gasteiger partial charge in [0, 0.05) is 11.8 Å². The van der Waals surface area contributed by atoms with Crippen LogP contribution in [0.5, 0.6) is 5.75 Å². The molecule has 0 bridgehead atoms. The molecule has 0 saturated heterocycles. The first-order valence-corrected chi connectivity index (χ1v) is 13.7. The van der Waals surface area contributed by atoms with E-state index in [0.29, 0.717) is 19.3 Å². The number of rotatable bonds is 10. The Hall–Kier alpha value is -3.05. The van der Waals surface area contributed by atoms with Crippen molar-refractivity contribution in [3.05, 3.63) is 94.3 Å². The van der Waals surface area contributed by atoms with Crippen LogP contribution in [-0.2, 0) is 27.9 Å². The Morgan fingerprint density at radius 2 is 1.76 bits per heavy atom. The van der Waals surface area contributed by atoms with E-state index in [9.17, 15) is 13.2 Å². The lowest BCUT2D eigenvalue weighted by Crippen LogP contribution is -2.30. The zero-order chi connectivity index (χ0) is 24.0. The summed E-state index contributed by atoms with van der Waals surface area (Å²) in [7, 11) is -4.08. The second-order valence-corrected chi connectivity index (χ2v) is 10.5. The SMILES string of the molecule is NS(=O)(=O)Oc1ccc(CC(NC(=O)CCc2ccccc2)c2csc(-c3cccs3)n2)cc1. The van der Waals surface area contributed by atoms with Crippen molar-refractivity contribution >= 4 is 38.9 Å². The molecule has 0 saturated carbocycles. The van der Waals surface area contributed by atoms with Gasteiger partial charge in [0.2, 0.25) is 5.91 Å². The minimum absolute atomic E-state index is 0.0614. The van der Waals surface area contributed by atoms with E-state index in [-0.39, 0.29) is 17.7 Å². The maximum atomic E-state index is 12.8. The number of thiophene rings is 1. The number of hydrogen-bond acceptors (Lipinski definition) is 7. The normalized spacial score (nSPS) is 12.3. The van der Waals surface area contributed by atoms with Crippen molar-refractivity contribution in [2.24, 2.45) is 5.14 Å². The molecule has 0 spiro atoms. The van der Waals surface area contributed by atoms with Gasteiger partial charge in [0.05, 0.1) is 16.6 Å². The lowest BCUT2D eigenvalue weighted by atomic mass is 10.0. The van der Waals surface area contributed by atoms with Crippen molar-refractivity contribution in [1.29, 1.82) is 0 Å². The van der Waals surface area contributed by atoms with Gasteiger partial charge in [0.25, 0.3) is 0 Å². The van der Waals surface area contributed by atoms with Crippen molar-refractivity contribution in [2.75, 3.05) is 0 Å². The first kappa shape index (κ1) is 24.1. The number of aryl methyl sites for hydroxylation is 1. The van der Waals surface area contributed by atoms with Crippen LogP contribution in [0.3, 0.4) is 0 Å². The van der Waals surface area contributed by atoms with Crippen molar-refractivity contribution in [3.63, 3.8) is 0 Å². The average molecular weight is 514 g/mol. The average Bonchev–Trinajstić information content (AvgIpc) is 3.50. The second kappa shape index (κ2) is 10.9. The molecule has 0 fully saturated rings. The topological polar surface area (TPSA) is 111 Å². The molecule has 34 heavy (non-hydrogen) atoms. The number of amides is 1. The van der Waals surface area contributed by atoms with E-state index in [1.54, 1.807) is 23.5 Å². The van der Waals surface area contributed by atoms with Gasteiger partial charge in [-0.25, -0.2) is 4.98 Å². The monoisotopic (exact) mass is 513 g/mol. The number of benzene rings is 2. The molecule has 2 heterocycles. The summed E-state index contributed by atoms with van der Waals surface area (Å²) >= 11 is 3.16. The fourth-order valence-electron chi connectivity index (χ4n) is 3.41. The van der Waals surface area contributed by atoms with E-state index in [2.05, 4.69) is 5.32 Å². The third-order valence-electron chi connectivity index (χ3n) is 5.01. The summed E-state index contributed by atoms with van der Waals surface area (Å²) in [6.07, 6.45) is 1.50. The zero-order valence-electron chi connectivity index (χ0n) is 18.1. The molecule has 0 aliphatic rings. The van der Waals surface area contributed by atoms with E-state index in [1.165, 1.54) is 23.5 Å². The van der Waals surface area contributed by atoms with Crippen LogP contribution in [0, 0.1) is 0 Å². The van der Waals surface area contributed by atoms with Gasteiger partial charge in [-0.2, -0.15) is 13.6 Å². The fraction of sp³-hybridized carbons (Fsp3) is 0.167. The lowest BCUT2D eigenvalue weighted by molar-refractivity contribution is -0.121. The van der Waals surface area contributed by atoms with Crippen LogP contribution in [0.2, 0.25) is 0 Å². The van der Waals surface area contributed by atoms with E-state index in [1.807, 2.05) is 53.2 Å². The molecule has 4 aromatic rings. The minimum atomic E-state index is -4.08. The van der Waals surface area contributed by atoms with Gasteiger partial charge >= 0.3 is 10.3 Å². The quantitative estimate of drug-likeness (QED) is 0.325. The number of nitrogens with one attached hydrogen (secondary N) is 1. The number of nitrogens with zero attached hydrogens (tertiary/aromatic N) is 1. The summed E-state index contributed by atoms with van der Waals surface area (Å²) in [4.78, 5) is 18.7. The van der Waals surface area contributed by atoms with Crippen LogP contribution in [0.1, 0.15) is 29.3 Å². The molecule has 2 aromatic carbocycles. The summed E-state index contributed by atoms with van der Waals surface area (Å²) in [5.74, 6) is 0.0667. The van der Waals surface area contributed by atoms with Crippen LogP contribution >= 0.6 is 22.7 Å². The number of thiazole rings is 1. The molecule has 1 unspecified atom stereocenters. The summed E-state index contributed by atoms with van der Waals surface area (Å²) in [5.41, 5.74) is 2.78. The summed E-state index contributed by atoms with van der Waals surface area (Å²) in [6, 6.07) is 20.1. The van der Waals surface area contributed by atoms with Crippen LogP contribution < -0.4 is 14.6 Å². The Morgan fingerprint density at radius 1 is 1.00 bits per heavy atom. The lowest BCUT2D eigenvalue weighted by Gasteiger charge is -2.17. The van der Waals surface area contributed by atoms with Gasteiger partial charge in [0.15, 0.2) is 0 Å². The van der Waals surface area contributed by atoms with Crippen LogP contribution in [-0.4, -0.2) is 19.3 Å². The Morgan fingerprint density at radius 3 is 2.44 bits per heavy atom. The van der Waals surface area contributed by atoms with Crippen LogP contribution in [0.25, 0.3) is 9.88 Å². The molecule has 176 valence electrons. The Labute approximate surface area is 206 Å². The first-order chi connectivity index (χ1) is 16.4. The Balaban J connectivity index is 1.49. The van der Waals surface area contributed by atoms with Crippen molar-refractivity contribution in [2.45, 2.75) is 25.3 Å². The minimum Gasteiger partial charge on any atom is -0.371 e. The molecule has 0 aliphatic heterocycles. The highest BCUT2D eigenvalue weighted by molar-refractivity contribution is 7.84. The van der Waals surface area contributed by atoms with E-state index in [0.717, 1.165) is 26.7 Å². The largest absolute Gasteiger partial charge is 0.380 e. The zero-order valence-corrected chi connectivity index (χ0v) is 20.5. The molecule has 2 aromatic heterocycles. The highest BCUT2D eigenvalue weighted by Crippen LogP contribution is 2.31. The molecular weight excluding hydrogens is 490 g/mol. The Bertz CT molecular complexity index is 1320. The fourth-order valence-corrected chi connectivity index (χ4v) is 5.48. The van der Waals surface area contributed by atoms with E-state index >= 15 is 0 Å². The van der Waals surface area contributed by atoms with Crippen molar-refractivity contribution in [3.8, 4) is 15.6 Å². The molecule has 3 N–H and O–H groups in total. The van der Waals surface area contributed by atoms with Gasteiger partial charge in [-0.1, -0.05) is 48.5 Å². The third kappa shape index (κ3) is 6.97. The molecule has 1 atom stereocenters. The van der Waals surface area contributed by atoms with Gasteiger partial charge in [-0.15, -0.1) is 22.7 Å². The molecule has 0 radical (unpaired) electrons. The molecule has 0 aliphatic carbocycles. The molecule has 7 nitrogen and oxygen atoms in total. The maximum absolute atomic E-state index is 12.8. The van der Waals surface area contributed by atoms with Gasteiger partial charge in [-0.3, -0.25) is 4.79 Å². The van der Waals surface area contributed by atoms with Gasteiger partial charge < -0.3 is 9.50 Å². The number of hydrogen-bond donors (Lipinski definition) is 2. The Kier molecular flexibility index (Phi) is 7.73. The summed E-state index contributed by atoms with van der Waals surface area (Å²) in [5, 5.41) is 12.9. The summed E-state index contributed by atoms with van der Waals surface area (Å²) < 4.78 is 27.0. The molecule has 4 rings (SSSR count). The molecule has 1 amide bonds. The van der Waals surface area contributed by atoms with Gasteiger partial charge in [-0.05, 0) is 47.5 Å². The standard InChI is InChI=1S/C24H23N3O4S3/c25-34(29,30)31-19-11-8-18(9-12-19)15-20(21-16-33-24(27-21)22-7-4-14-32-22)26-23(28)13-10-17-5-2-1-3-6-17/h1-9,11-12,14,16,20H,10,13,15H2,(H,26,28)(H2,25,29,30). The predicted molar refractivity (Wildman–Crippen MR) is 135 cm³/mol. The second-order valence-electron chi connectivity index (χ2n) is 7.58. The smallest absolute Gasteiger partial charge is 0.371 e. The van der Waals surface area contributed by atoms with Crippen molar-refractivity contribution in [1.82, 2.24) is 10.3 Å². The van der Waals surface area contributed by atoms with E-state index in [4.69, 9.17) is 14.3 Å². The number of carbonyl (C=O) groups excluding carboxylic acids is 1. The predicted octanol–water partition coefficient (Wildman–Crippen LogP) is 4.49. The van der Waals surface area contributed by atoms with E-state index < -0.39 is 10.3 Å². The highest BCUT2D eigenvalue weighted by Gasteiger charge is 2.20. The third-order valence-corrected chi connectivity index (χ3v) is 7.33. The number of nitrogens with two attached hydrogens (primary N) is 1. The first-order valence-electron chi connectivity index (χ1n) is 10.5.